The van der Waals surface area contributed by atoms with Crippen LogP contribution in [-0.2, 0) is 19.2 Å². The maximum Gasteiger partial charge on any atom is 0.414 e. The van der Waals surface area contributed by atoms with Gasteiger partial charge in [0.05, 0.1) is 0 Å². The SMILES string of the molecule is O=C(O)C(=O)O.O=C(O)C=CC(=O)O. The van der Waals surface area contributed by atoms with E-state index in [2.05, 4.69) is 0 Å². The van der Waals surface area contributed by atoms with Crippen LogP contribution in [0.4, 0.5) is 0 Å². The van der Waals surface area contributed by atoms with E-state index >= 15 is 0 Å². The summed E-state index contributed by atoms with van der Waals surface area (Å²) in [5.41, 5.74) is 0. The fourth-order valence-corrected chi connectivity index (χ4v) is 0.143. The van der Waals surface area contributed by atoms with Crippen molar-refractivity contribution < 1.29 is 39.6 Å². The van der Waals surface area contributed by atoms with Gasteiger partial charge in [-0.1, -0.05) is 0 Å². The van der Waals surface area contributed by atoms with Crippen LogP contribution < -0.4 is 0 Å². The van der Waals surface area contributed by atoms with Gasteiger partial charge in [0, 0.05) is 12.2 Å². The number of aliphatic carboxylic acids is 4. The molecule has 0 radical (unpaired) electrons. The molecule has 0 atom stereocenters. The first kappa shape index (κ1) is 14.2. The smallest absolute Gasteiger partial charge is 0.414 e. The molecule has 0 fully saturated rings. The highest BCUT2D eigenvalue weighted by Gasteiger charge is 2.04. The van der Waals surface area contributed by atoms with Crippen LogP contribution >= 0.6 is 0 Å². The van der Waals surface area contributed by atoms with Gasteiger partial charge >= 0.3 is 23.9 Å². The Hall–Kier alpha value is -2.38. The summed E-state index contributed by atoms with van der Waals surface area (Å²) in [6.07, 6.45) is 1.12. The van der Waals surface area contributed by atoms with Gasteiger partial charge in [-0.2, -0.15) is 0 Å². The lowest BCUT2D eigenvalue weighted by molar-refractivity contribution is -0.159. The molecule has 0 rings (SSSR count). The van der Waals surface area contributed by atoms with E-state index < -0.39 is 23.9 Å². The maximum absolute atomic E-state index is 9.55. The lowest BCUT2D eigenvalue weighted by atomic mass is 10.5. The molecule has 0 aliphatic carbocycles. The average Bonchev–Trinajstić information content (AvgIpc) is 2.01. The molecule has 0 aromatic heterocycles. The molecule has 0 spiro atoms. The van der Waals surface area contributed by atoms with Crippen molar-refractivity contribution in [3.8, 4) is 0 Å². The molecule has 78 valence electrons. The third-order valence-electron chi connectivity index (χ3n) is 0.551. The van der Waals surface area contributed by atoms with Gasteiger partial charge in [0.25, 0.3) is 0 Å². The largest absolute Gasteiger partial charge is 0.478 e. The number of hydrogen-bond acceptors (Lipinski definition) is 4. The van der Waals surface area contributed by atoms with Gasteiger partial charge < -0.3 is 20.4 Å². The molecule has 0 bridgehead atoms. The normalized spacial score (nSPS) is 8.57. The van der Waals surface area contributed by atoms with Crippen molar-refractivity contribution in [1.82, 2.24) is 0 Å². The van der Waals surface area contributed by atoms with Crippen molar-refractivity contribution in [3.63, 3.8) is 0 Å². The topological polar surface area (TPSA) is 149 Å². The molecule has 14 heavy (non-hydrogen) atoms. The average molecular weight is 206 g/mol. The third-order valence-corrected chi connectivity index (χ3v) is 0.551. The van der Waals surface area contributed by atoms with E-state index in [9.17, 15) is 9.59 Å². The standard InChI is InChI=1S/C4H4O4.C2H2O4/c5-3(6)1-2-4(7)8;3-1(4)2(5)6/h1-2H,(H,5,6)(H,7,8);(H,3,4)(H,5,6). The van der Waals surface area contributed by atoms with E-state index in [0.29, 0.717) is 12.2 Å². The Morgan fingerprint density at radius 1 is 0.643 bits per heavy atom. The van der Waals surface area contributed by atoms with E-state index in [1.54, 1.807) is 0 Å². The van der Waals surface area contributed by atoms with Gasteiger partial charge in [0.2, 0.25) is 0 Å². The van der Waals surface area contributed by atoms with Crippen LogP contribution in [0.25, 0.3) is 0 Å². The molecule has 0 saturated heterocycles. The Morgan fingerprint density at radius 3 is 0.929 bits per heavy atom. The van der Waals surface area contributed by atoms with Gasteiger partial charge in [-0.15, -0.1) is 0 Å². The summed E-state index contributed by atoms with van der Waals surface area (Å²) in [6, 6.07) is 0. The Balaban J connectivity index is 0. The van der Waals surface area contributed by atoms with Crippen LogP contribution in [0.2, 0.25) is 0 Å². The molecule has 8 heteroatoms. The Labute approximate surface area is 76.7 Å². The third kappa shape index (κ3) is 16.3. The zero-order valence-corrected chi connectivity index (χ0v) is 6.58. The second-order valence-corrected chi connectivity index (χ2v) is 1.62. The fraction of sp³-hybridized carbons (Fsp3) is 0. The molecule has 0 aliphatic heterocycles. The highest BCUT2D eigenvalue weighted by atomic mass is 16.4. The summed E-state index contributed by atoms with van der Waals surface area (Å²) in [7, 11) is 0. The summed E-state index contributed by atoms with van der Waals surface area (Å²) < 4.78 is 0. The first-order chi connectivity index (χ1) is 6.27. The van der Waals surface area contributed by atoms with Crippen molar-refractivity contribution in [2.24, 2.45) is 0 Å². The molecule has 0 amide bonds. The second kappa shape index (κ2) is 7.28. The molecular weight excluding hydrogens is 200 g/mol. The predicted molar refractivity (Wildman–Crippen MR) is 39.7 cm³/mol. The van der Waals surface area contributed by atoms with Crippen molar-refractivity contribution in [2.75, 3.05) is 0 Å². The van der Waals surface area contributed by atoms with Gasteiger partial charge in [-0.3, -0.25) is 0 Å². The summed E-state index contributed by atoms with van der Waals surface area (Å²) in [5, 5.41) is 30.4. The highest BCUT2D eigenvalue weighted by molar-refractivity contribution is 6.27. The zero-order valence-electron chi connectivity index (χ0n) is 6.58. The van der Waals surface area contributed by atoms with Crippen LogP contribution in [0.1, 0.15) is 0 Å². The minimum Gasteiger partial charge on any atom is -0.478 e. The van der Waals surface area contributed by atoms with Crippen LogP contribution in [-0.4, -0.2) is 44.3 Å². The summed E-state index contributed by atoms with van der Waals surface area (Å²) in [4.78, 5) is 37.3. The van der Waals surface area contributed by atoms with Crippen molar-refractivity contribution in [1.29, 1.82) is 0 Å². The van der Waals surface area contributed by atoms with Crippen LogP contribution in [0.3, 0.4) is 0 Å². The summed E-state index contributed by atoms with van der Waals surface area (Å²) >= 11 is 0. The molecule has 4 N–H and O–H groups in total. The van der Waals surface area contributed by atoms with Crippen molar-refractivity contribution in [2.45, 2.75) is 0 Å². The molecule has 0 saturated carbocycles. The number of carbonyl (C=O) groups is 4. The van der Waals surface area contributed by atoms with Gasteiger partial charge in [0.1, 0.15) is 0 Å². The molecule has 0 aliphatic rings. The van der Waals surface area contributed by atoms with Crippen LogP contribution in [0, 0.1) is 0 Å². The molecule has 0 aromatic rings. The van der Waals surface area contributed by atoms with E-state index in [1.807, 2.05) is 0 Å². The minimum absolute atomic E-state index is 0.558. The summed E-state index contributed by atoms with van der Waals surface area (Å²) in [5.74, 6) is -6.16. The van der Waals surface area contributed by atoms with Gasteiger partial charge in [-0.25, -0.2) is 19.2 Å². The number of carboxylic acids is 4. The van der Waals surface area contributed by atoms with E-state index in [4.69, 9.17) is 30.0 Å². The van der Waals surface area contributed by atoms with E-state index in [0.717, 1.165) is 0 Å². The predicted octanol–water partition coefficient (Wildman–Crippen LogP) is -1.13. The first-order valence-electron chi connectivity index (χ1n) is 2.87. The number of rotatable bonds is 2. The maximum atomic E-state index is 9.55. The van der Waals surface area contributed by atoms with E-state index in [1.165, 1.54) is 0 Å². The summed E-state index contributed by atoms with van der Waals surface area (Å²) in [6.45, 7) is 0. The molecular formula is C6H6O8. The highest BCUT2D eigenvalue weighted by Crippen LogP contribution is 1.70. The van der Waals surface area contributed by atoms with E-state index in [-0.39, 0.29) is 0 Å². The van der Waals surface area contributed by atoms with Gasteiger partial charge in [-0.05, 0) is 0 Å². The monoisotopic (exact) mass is 206 g/mol. The lowest BCUT2D eigenvalue weighted by Crippen LogP contribution is -2.09. The lowest BCUT2D eigenvalue weighted by Gasteiger charge is -1.74. The number of carboxylic acid groups (broad SMARTS) is 4. The fourth-order valence-electron chi connectivity index (χ4n) is 0.143. The molecule has 0 aromatic carbocycles. The van der Waals surface area contributed by atoms with Crippen molar-refractivity contribution in [3.05, 3.63) is 12.2 Å². The Morgan fingerprint density at radius 2 is 0.857 bits per heavy atom. The first-order valence-corrected chi connectivity index (χ1v) is 2.87. The van der Waals surface area contributed by atoms with Crippen molar-refractivity contribution >= 4 is 23.9 Å². The number of hydrogen-bond donors (Lipinski definition) is 4. The molecule has 8 nitrogen and oxygen atoms in total. The van der Waals surface area contributed by atoms with Crippen LogP contribution in [0.5, 0.6) is 0 Å². The molecule has 0 heterocycles. The zero-order chi connectivity index (χ0) is 11.7. The quantitative estimate of drug-likeness (QED) is 0.327. The Kier molecular flexibility index (Phi) is 7.36. The minimum atomic E-state index is -1.82. The second-order valence-electron chi connectivity index (χ2n) is 1.62. The van der Waals surface area contributed by atoms with Gasteiger partial charge in [0.15, 0.2) is 0 Å². The Bertz CT molecular complexity index is 248. The molecule has 0 unspecified atom stereocenters. The van der Waals surface area contributed by atoms with Crippen LogP contribution in [0.15, 0.2) is 12.2 Å².